The number of fused-ring (bicyclic) bond motifs is 1. The van der Waals surface area contributed by atoms with Gasteiger partial charge in [0.2, 0.25) is 0 Å². The van der Waals surface area contributed by atoms with Gasteiger partial charge in [-0.15, -0.1) is 0 Å². The summed E-state index contributed by atoms with van der Waals surface area (Å²) in [6.07, 6.45) is 0.979. The first kappa shape index (κ1) is 17.7. The smallest absolute Gasteiger partial charge is 0.262 e. The van der Waals surface area contributed by atoms with Crippen molar-refractivity contribution >= 4 is 17.5 Å². The highest BCUT2D eigenvalue weighted by Gasteiger charge is 2.49. The van der Waals surface area contributed by atoms with Crippen LogP contribution >= 0.6 is 0 Å². The molecule has 25 heavy (non-hydrogen) atoms. The van der Waals surface area contributed by atoms with Gasteiger partial charge in [-0.05, 0) is 30.5 Å². The van der Waals surface area contributed by atoms with Gasteiger partial charge >= 0.3 is 0 Å². The third-order valence-electron chi connectivity index (χ3n) is 4.99. The van der Waals surface area contributed by atoms with Crippen LogP contribution in [0.15, 0.2) is 18.2 Å². The molecule has 1 aromatic carbocycles. The first-order valence-electron chi connectivity index (χ1n) is 8.76. The molecule has 3 rings (SSSR count). The third-order valence-corrected chi connectivity index (χ3v) is 4.99. The number of ether oxygens (including phenoxy) is 2. The second-order valence-electron chi connectivity index (χ2n) is 7.85. The molecule has 0 aromatic heterocycles. The molecule has 0 spiro atoms. The lowest BCUT2D eigenvalue weighted by Crippen LogP contribution is -2.62. The molecule has 1 heterocycles. The first-order valence-corrected chi connectivity index (χ1v) is 8.76. The molecule has 1 aliphatic carbocycles. The summed E-state index contributed by atoms with van der Waals surface area (Å²) in [5.74, 6) is 0.720. The van der Waals surface area contributed by atoms with Gasteiger partial charge in [0, 0.05) is 23.6 Å². The molecular weight excluding hydrogens is 320 g/mol. The van der Waals surface area contributed by atoms with E-state index in [2.05, 4.69) is 38.3 Å². The second-order valence-corrected chi connectivity index (χ2v) is 7.85. The Balaban J connectivity index is 1.62. The average molecular weight is 346 g/mol. The number of hydrogen-bond acceptors (Lipinski definition) is 4. The maximum atomic E-state index is 12.6. The van der Waals surface area contributed by atoms with Crippen molar-refractivity contribution in [2.45, 2.75) is 46.3 Å². The summed E-state index contributed by atoms with van der Waals surface area (Å²) in [5.41, 5.74) is 0.942. The number of carbonyl (C=O) groups is 2. The molecule has 1 aliphatic heterocycles. The number of amides is 2. The van der Waals surface area contributed by atoms with Crippen molar-refractivity contribution in [3.05, 3.63) is 23.8 Å². The molecule has 2 N–H and O–H groups in total. The quantitative estimate of drug-likeness (QED) is 0.859. The van der Waals surface area contributed by atoms with Crippen LogP contribution < -0.4 is 15.4 Å². The highest BCUT2D eigenvalue weighted by Crippen LogP contribution is 2.43. The number of anilines is 1. The average Bonchev–Trinajstić information content (AvgIpc) is 2.56. The van der Waals surface area contributed by atoms with Gasteiger partial charge < -0.3 is 20.1 Å². The summed E-state index contributed by atoms with van der Waals surface area (Å²) in [6.45, 7) is 9.24. The summed E-state index contributed by atoms with van der Waals surface area (Å²) in [6, 6.07) is 5.15. The van der Waals surface area contributed by atoms with E-state index in [9.17, 15) is 9.59 Å². The second kappa shape index (κ2) is 6.67. The maximum Gasteiger partial charge on any atom is 0.262 e. The molecule has 2 amide bonds. The Labute approximate surface area is 148 Å². The Morgan fingerprint density at radius 3 is 2.88 bits per heavy atom. The number of nitrogens with one attached hydrogen (secondary N) is 2. The Bertz CT molecular complexity index is 684. The number of benzene rings is 1. The van der Waals surface area contributed by atoms with E-state index in [-0.39, 0.29) is 36.0 Å². The standard InChI is InChI=1S/C19H26N2O4/c1-11(2)9-25-16-8-15(19(16,3)4)21-18(23)12-5-6-14-13(7-12)20-17(22)10-24-14/h5-7,11,15-16H,8-10H2,1-4H3,(H,20,22)(H,21,23). The molecule has 136 valence electrons. The van der Waals surface area contributed by atoms with Crippen LogP contribution in [-0.2, 0) is 9.53 Å². The zero-order chi connectivity index (χ0) is 18.2. The molecule has 0 saturated heterocycles. The van der Waals surface area contributed by atoms with Crippen molar-refractivity contribution in [2.75, 3.05) is 18.5 Å². The lowest BCUT2D eigenvalue weighted by atomic mass is 9.64. The topological polar surface area (TPSA) is 76.7 Å². The van der Waals surface area contributed by atoms with Gasteiger partial charge in [0.1, 0.15) is 5.75 Å². The van der Waals surface area contributed by atoms with Crippen molar-refractivity contribution in [1.82, 2.24) is 5.32 Å². The van der Waals surface area contributed by atoms with Gasteiger partial charge in [0.25, 0.3) is 11.8 Å². The first-order chi connectivity index (χ1) is 11.8. The van der Waals surface area contributed by atoms with E-state index in [4.69, 9.17) is 9.47 Å². The van der Waals surface area contributed by atoms with Crippen molar-refractivity contribution in [1.29, 1.82) is 0 Å². The summed E-state index contributed by atoms with van der Waals surface area (Å²) in [4.78, 5) is 24.0. The van der Waals surface area contributed by atoms with Gasteiger partial charge in [-0.3, -0.25) is 9.59 Å². The van der Waals surface area contributed by atoms with E-state index in [1.807, 2.05) is 0 Å². The zero-order valence-electron chi connectivity index (χ0n) is 15.2. The van der Waals surface area contributed by atoms with Crippen LogP contribution in [0.3, 0.4) is 0 Å². The fourth-order valence-corrected chi connectivity index (χ4v) is 3.19. The molecule has 1 fully saturated rings. The Hall–Kier alpha value is -2.08. The Morgan fingerprint density at radius 2 is 2.20 bits per heavy atom. The van der Waals surface area contributed by atoms with Gasteiger partial charge in [-0.1, -0.05) is 27.7 Å². The van der Waals surface area contributed by atoms with E-state index in [0.717, 1.165) is 13.0 Å². The van der Waals surface area contributed by atoms with Gasteiger partial charge in [0.05, 0.1) is 11.8 Å². The van der Waals surface area contributed by atoms with Crippen molar-refractivity contribution in [3.8, 4) is 5.75 Å². The molecule has 0 bridgehead atoms. The monoisotopic (exact) mass is 346 g/mol. The molecule has 2 unspecified atom stereocenters. The van der Waals surface area contributed by atoms with Crippen LogP contribution in [0.5, 0.6) is 5.75 Å². The lowest BCUT2D eigenvalue weighted by molar-refractivity contribution is -0.120. The van der Waals surface area contributed by atoms with Gasteiger partial charge in [-0.2, -0.15) is 0 Å². The van der Waals surface area contributed by atoms with E-state index < -0.39 is 0 Å². The van der Waals surface area contributed by atoms with Crippen molar-refractivity contribution in [3.63, 3.8) is 0 Å². The normalized spacial score (nSPS) is 24.0. The fourth-order valence-electron chi connectivity index (χ4n) is 3.19. The summed E-state index contributed by atoms with van der Waals surface area (Å²) >= 11 is 0. The summed E-state index contributed by atoms with van der Waals surface area (Å²) in [5, 5.41) is 5.81. The van der Waals surface area contributed by atoms with Crippen molar-refractivity contribution in [2.24, 2.45) is 11.3 Å². The molecule has 1 saturated carbocycles. The van der Waals surface area contributed by atoms with Crippen LogP contribution in [0.25, 0.3) is 0 Å². The molecule has 1 aromatic rings. The maximum absolute atomic E-state index is 12.6. The van der Waals surface area contributed by atoms with Crippen LogP contribution in [0.4, 0.5) is 5.69 Å². The van der Waals surface area contributed by atoms with Crippen LogP contribution in [0, 0.1) is 11.3 Å². The van der Waals surface area contributed by atoms with Crippen molar-refractivity contribution < 1.29 is 19.1 Å². The minimum atomic E-state index is -0.213. The molecule has 0 radical (unpaired) electrons. The predicted octanol–water partition coefficient (Wildman–Crippen LogP) is 2.59. The highest BCUT2D eigenvalue weighted by atomic mass is 16.5. The minimum Gasteiger partial charge on any atom is -0.482 e. The summed E-state index contributed by atoms with van der Waals surface area (Å²) in [7, 11) is 0. The summed E-state index contributed by atoms with van der Waals surface area (Å²) < 4.78 is 11.3. The SMILES string of the molecule is CC(C)COC1CC(NC(=O)c2ccc3c(c2)NC(=O)CO3)C1(C)C. The van der Waals surface area contributed by atoms with Crippen LogP contribution in [0.2, 0.25) is 0 Å². The van der Waals surface area contributed by atoms with E-state index in [1.165, 1.54) is 0 Å². The number of hydrogen-bond donors (Lipinski definition) is 2. The van der Waals surface area contributed by atoms with Crippen LogP contribution in [-0.4, -0.2) is 37.2 Å². The van der Waals surface area contributed by atoms with Gasteiger partial charge in [0.15, 0.2) is 6.61 Å². The largest absolute Gasteiger partial charge is 0.482 e. The molecule has 2 aliphatic rings. The fraction of sp³-hybridized carbons (Fsp3) is 0.579. The third kappa shape index (κ3) is 3.63. The van der Waals surface area contributed by atoms with E-state index >= 15 is 0 Å². The number of rotatable bonds is 5. The highest BCUT2D eigenvalue weighted by molar-refractivity contribution is 6.00. The van der Waals surface area contributed by atoms with E-state index in [1.54, 1.807) is 18.2 Å². The van der Waals surface area contributed by atoms with E-state index in [0.29, 0.717) is 22.9 Å². The predicted molar refractivity (Wildman–Crippen MR) is 94.8 cm³/mol. The van der Waals surface area contributed by atoms with Gasteiger partial charge in [-0.25, -0.2) is 0 Å². The number of carbonyl (C=O) groups excluding carboxylic acids is 2. The molecule has 6 heteroatoms. The molecule has 2 atom stereocenters. The lowest BCUT2D eigenvalue weighted by Gasteiger charge is -2.51. The van der Waals surface area contributed by atoms with Crippen LogP contribution in [0.1, 0.15) is 44.5 Å². The zero-order valence-corrected chi connectivity index (χ0v) is 15.2. The minimum absolute atomic E-state index is 0.00652. The molecular formula is C19H26N2O4. The Kier molecular flexibility index (Phi) is 4.73. The molecule has 6 nitrogen and oxygen atoms in total. The Morgan fingerprint density at radius 1 is 1.44 bits per heavy atom.